The molecule has 3 heteroatoms. The van der Waals surface area contributed by atoms with Crippen LogP contribution in [-0.4, -0.2) is 17.4 Å². The highest BCUT2D eigenvalue weighted by atomic mass is 16.1. The fourth-order valence-electron chi connectivity index (χ4n) is 1.42. The normalized spacial score (nSPS) is 22.9. The second kappa shape index (κ2) is 2.12. The second-order valence-corrected chi connectivity index (χ2v) is 2.73. The fourth-order valence-corrected chi connectivity index (χ4v) is 1.42. The van der Waals surface area contributed by atoms with Crippen LogP contribution in [0.3, 0.4) is 0 Å². The molecule has 2 aliphatic rings. The lowest BCUT2D eigenvalue weighted by Crippen LogP contribution is -2.16. The number of fused-ring (bicyclic) bond motifs is 1. The van der Waals surface area contributed by atoms with Crippen LogP contribution < -0.4 is 0 Å². The van der Waals surface area contributed by atoms with Gasteiger partial charge in [-0.1, -0.05) is 0 Å². The van der Waals surface area contributed by atoms with Crippen molar-refractivity contribution in [2.24, 2.45) is 4.99 Å². The van der Waals surface area contributed by atoms with Crippen LogP contribution in [0.1, 0.15) is 19.3 Å². The summed E-state index contributed by atoms with van der Waals surface area (Å²) in [4.78, 5) is 25.6. The van der Waals surface area contributed by atoms with Crippen LogP contribution in [0.4, 0.5) is 0 Å². The predicted molar refractivity (Wildman–Crippen MR) is 39.4 cm³/mol. The van der Waals surface area contributed by atoms with Crippen LogP contribution in [0.25, 0.3) is 0 Å². The maximum atomic E-state index is 11.1. The van der Waals surface area contributed by atoms with Crippen LogP contribution >= 0.6 is 0 Å². The van der Waals surface area contributed by atoms with Crippen LogP contribution in [0, 0.1) is 0 Å². The first kappa shape index (κ1) is 6.46. The Morgan fingerprint density at radius 1 is 1.27 bits per heavy atom. The van der Waals surface area contributed by atoms with E-state index < -0.39 is 0 Å². The second-order valence-electron chi connectivity index (χ2n) is 2.73. The zero-order chi connectivity index (χ0) is 7.84. The summed E-state index contributed by atoms with van der Waals surface area (Å²) in [5, 5.41) is 0. The third-order valence-electron chi connectivity index (χ3n) is 1.94. The number of ketones is 1. The number of allylic oxidation sites excluding steroid dienone is 1. The zero-order valence-corrected chi connectivity index (χ0v) is 5.96. The molecule has 0 atom stereocenters. The quantitative estimate of drug-likeness (QED) is 0.507. The van der Waals surface area contributed by atoms with Crippen molar-refractivity contribution >= 4 is 17.4 Å². The first-order valence-electron chi connectivity index (χ1n) is 3.64. The standard InChI is InChI=1S/C8H7NO2/c10-7-3-1-2-6-5(7)4-8(11)9-6/h4H,1-3H2. The molecule has 1 aliphatic heterocycles. The van der Waals surface area contributed by atoms with E-state index in [1.54, 1.807) is 0 Å². The van der Waals surface area contributed by atoms with Gasteiger partial charge in [0.15, 0.2) is 5.78 Å². The Kier molecular flexibility index (Phi) is 1.24. The molecule has 0 spiro atoms. The molecule has 0 aromatic carbocycles. The number of amides is 1. The highest BCUT2D eigenvalue weighted by Crippen LogP contribution is 2.21. The van der Waals surface area contributed by atoms with Crippen LogP contribution in [0.15, 0.2) is 16.6 Å². The molecule has 1 saturated carbocycles. The molecule has 0 N–H and O–H groups in total. The van der Waals surface area contributed by atoms with Crippen molar-refractivity contribution in [3.05, 3.63) is 11.6 Å². The number of carbonyl (C=O) groups is 2. The van der Waals surface area contributed by atoms with Crippen molar-refractivity contribution in [1.82, 2.24) is 0 Å². The van der Waals surface area contributed by atoms with Gasteiger partial charge in [-0.3, -0.25) is 9.59 Å². The Morgan fingerprint density at radius 3 is 2.82 bits per heavy atom. The van der Waals surface area contributed by atoms with E-state index in [0.29, 0.717) is 17.7 Å². The lowest BCUT2D eigenvalue weighted by Gasteiger charge is -2.10. The van der Waals surface area contributed by atoms with Crippen molar-refractivity contribution in [2.45, 2.75) is 19.3 Å². The molecule has 0 bridgehead atoms. The van der Waals surface area contributed by atoms with Gasteiger partial charge in [-0.2, -0.15) is 0 Å². The largest absolute Gasteiger partial charge is 0.294 e. The Labute approximate surface area is 63.8 Å². The van der Waals surface area contributed by atoms with Gasteiger partial charge in [-0.15, -0.1) is 0 Å². The van der Waals surface area contributed by atoms with Gasteiger partial charge in [-0.05, 0) is 12.8 Å². The van der Waals surface area contributed by atoms with E-state index in [4.69, 9.17) is 0 Å². The number of aliphatic imine (C=N–C) groups is 1. The summed E-state index contributed by atoms with van der Waals surface area (Å²) >= 11 is 0. The monoisotopic (exact) mass is 149 g/mol. The topological polar surface area (TPSA) is 46.5 Å². The van der Waals surface area contributed by atoms with Crippen molar-refractivity contribution in [2.75, 3.05) is 0 Å². The van der Waals surface area contributed by atoms with Gasteiger partial charge in [0.05, 0.1) is 5.71 Å². The first-order chi connectivity index (χ1) is 5.27. The molecule has 3 nitrogen and oxygen atoms in total. The van der Waals surface area contributed by atoms with E-state index in [1.807, 2.05) is 0 Å². The number of hydrogen-bond acceptors (Lipinski definition) is 2. The van der Waals surface area contributed by atoms with E-state index in [1.165, 1.54) is 6.08 Å². The van der Waals surface area contributed by atoms with E-state index in [-0.39, 0.29) is 11.7 Å². The maximum Gasteiger partial charge on any atom is 0.270 e. The van der Waals surface area contributed by atoms with E-state index in [9.17, 15) is 9.59 Å². The van der Waals surface area contributed by atoms with Crippen LogP contribution in [-0.2, 0) is 9.59 Å². The molecule has 0 radical (unpaired) electrons. The molecule has 0 saturated heterocycles. The molecule has 11 heavy (non-hydrogen) atoms. The number of hydrogen-bond donors (Lipinski definition) is 0. The molecule has 1 aliphatic carbocycles. The Balaban J connectivity index is 2.42. The molecular formula is C8H7NO2. The minimum absolute atomic E-state index is 0.0702. The minimum Gasteiger partial charge on any atom is -0.294 e. The van der Waals surface area contributed by atoms with Gasteiger partial charge in [0.1, 0.15) is 0 Å². The van der Waals surface area contributed by atoms with Crippen LogP contribution in [0.5, 0.6) is 0 Å². The lowest BCUT2D eigenvalue weighted by atomic mass is 9.93. The van der Waals surface area contributed by atoms with Crippen molar-refractivity contribution < 1.29 is 9.59 Å². The molecule has 1 amide bonds. The molecule has 1 heterocycles. The molecule has 56 valence electrons. The van der Waals surface area contributed by atoms with Gasteiger partial charge in [0, 0.05) is 18.1 Å². The third-order valence-corrected chi connectivity index (χ3v) is 1.94. The molecule has 0 unspecified atom stereocenters. The summed E-state index contributed by atoms with van der Waals surface area (Å²) in [6.45, 7) is 0. The van der Waals surface area contributed by atoms with Gasteiger partial charge < -0.3 is 0 Å². The number of rotatable bonds is 0. The summed E-state index contributed by atoms with van der Waals surface area (Å²) in [6, 6.07) is 0. The summed E-state index contributed by atoms with van der Waals surface area (Å²) in [5.41, 5.74) is 1.26. The molecule has 1 fully saturated rings. The van der Waals surface area contributed by atoms with E-state index >= 15 is 0 Å². The average Bonchev–Trinajstić information content (AvgIpc) is 2.31. The molecule has 0 aromatic heterocycles. The van der Waals surface area contributed by atoms with Crippen molar-refractivity contribution in [1.29, 1.82) is 0 Å². The average molecular weight is 149 g/mol. The third kappa shape index (κ3) is 0.926. The Bertz CT molecular complexity index is 299. The highest BCUT2D eigenvalue weighted by Gasteiger charge is 2.26. The summed E-state index contributed by atoms with van der Waals surface area (Å²) in [5.74, 6) is -0.203. The first-order valence-corrected chi connectivity index (χ1v) is 3.64. The predicted octanol–water partition coefficient (Wildman–Crippen LogP) is 0.647. The van der Waals surface area contributed by atoms with Gasteiger partial charge in [0.25, 0.3) is 5.91 Å². The van der Waals surface area contributed by atoms with Gasteiger partial charge in [-0.25, -0.2) is 4.99 Å². The minimum atomic E-state index is -0.273. The van der Waals surface area contributed by atoms with E-state index in [2.05, 4.69) is 4.99 Å². The number of Topliss-reactive ketones (excluding diaryl/α,β-unsaturated/α-hetero) is 1. The Morgan fingerprint density at radius 2 is 2.09 bits per heavy atom. The number of nitrogens with zero attached hydrogens (tertiary/aromatic N) is 1. The summed E-state index contributed by atoms with van der Waals surface area (Å²) in [7, 11) is 0. The molecule has 0 aromatic rings. The van der Waals surface area contributed by atoms with Crippen LogP contribution in [0.2, 0.25) is 0 Å². The zero-order valence-electron chi connectivity index (χ0n) is 5.96. The summed E-state index contributed by atoms with van der Waals surface area (Å²) in [6.07, 6.45) is 3.53. The molecule has 2 rings (SSSR count). The molecular weight excluding hydrogens is 142 g/mol. The van der Waals surface area contributed by atoms with Gasteiger partial charge in [0.2, 0.25) is 0 Å². The van der Waals surface area contributed by atoms with E-state index in [0.717, 1.165) is 12.8 Å². The number of carbonyl (C=O) groups excluding carboxylic acids is 2. The Hall–Kier alpha value is -1.25. The lowest BCUT2D eigenvalue weighted by molar-refractivity contribution is -0.116. The SMILES string of the molecule is O=C1C=C2C(=O)CCCC2=N1. The fraction of sp³-hybridized carbons (Fsp3) is 0.375. The van der Waals surface area contributed by atoms with Crippen molar-refractivity contribution in [3.63, 3.8) is 0 Å². The van der Waals surface area contributed by atoms with Crippen molar-refractivity contribution in [3.8, 4) is 0 Å². The maximum absolute atomic E-state index is 11.1. The van der Waals surface area contributed by atoms with Gasteiger partial charge >= 0.3 is 0 Å². The highest BCUT2D eigenvalue weighted by molar-refractivity contribution is 6.31. The summed E-state index contributed by atoms with van der Waals surface area (Å²) < 4.78 is 0. The smallest absolute Gasteiger partial charge is 0.270 e.